The fraction of sp³-hybridized carbons (Fsp3) is 0.800. The third kappa shape index (κ3) is 3.16. The van der Waals surface area contributed by atoms with Crippen molar-refractivity contribution in [1.29, 1.82) is 0 Å². The van der Waals surface area contributed by atoms with E-state index in [1.807, 2.05) is 0 Å². The number of aromatic nitrogens is 2. The van der Waals surface area contributed by atoms with E-state index in [-0.39, 0.29) is 5.41 Å². The molecule has 2 rings (SSSR count). The van der Waals surface area contributed by atoms with Gasteiger partial charge in [-0.3, -0.25) is 0 Å². The number of hydrogen-bond acceptors (Lipinski definition) is 4. The molecule has 1 aliphatic rings. The van der Waals surface area contributed by atoms with E-state index in [1.54, 1.807) is 13.8 Å². The minimum absolute atomic E-state index is 0.106. The number of nitrogens with one attached hydrogen (secondary N) is 1. The van der Waals surface area contributed by atoms with Crippen LogP contribution in [0.5, 0.6) is 0 Å². The van der Waals surface area contributed by atoms with Crippen LogP contribution in [0, 0.1) is 0 Å². The highest BCUT2D eigenvalue weighted by molar-refractivity contribution is 7.92. The third-order valence-corrected chi connectivity index (χ3v) is 6.34. The lowest BCUT2D eigenvalue weighted by Gasteiger charge is -2.29. The van der Waals surface area contributed by atoms with Crippen molar-refractivity contribution in [3.05, 3.63) is 17.2 Å². The number of imidazole rings is 1. The normalized spacial score (nSPS) is 16.9. The molecule has 0 atom stereocenters. The molecule has 21 heavy (non-hydrogen) atoms. The number of fused-ring (bicyclic) bond motifs is 1. The molecule has 0 spiro atoms. The second-order valence-electron chi connectivity index (χ2n) is 7.62. The summed E-state index contributed by atoms with van der Waals surface area (Å²) in [7, 11) is -3.13. The highest BCUT2D eigenvalue weighted by Crippen LogP contribution is 2.29. The van der Waals surface area contributed by atoms with Crippen molar-refractivity contribution >= 4 is 9.84 Å². The Morgan fingerprint density at radius 3 is 2.38 bits per heavy atom. The Balaban J connectivity index is 2.54. The average molecular weight is 313 g/mol. The second kappa shape index (κ2) is 5.09. The quantitative estimate of drug-likeness (QED) is 0.921. The molecule has 1 aromatic rings. The Morgan fingerprint density at radius 2 is 1.86 bits per heavy atom. The summed E-state index contributed by atoms with van der Waals surface area (Å²) in [5.74, 6) is 0.980. The van der Waals surface area contributed by atoms with Crippen molar-refractivity contribution in [3.63, 3.8) is 0 Å². The zero-order chi connectivity index (χ0) is 16.1. The van der Waals surface area contributed by atoms with Crippen LogP contribution in [-0.4, -0.2) is 35.5 Å². The van der Waals surface area contributed by atoms with Gasteiger partial charge in [-0.25, -0.2) is 13.4 Å². The van der Waals surface area contributed by atoms with Gasteiger partial charge in [0.2, 0.25) is 0 Å². The lowest BCUT2D eigenvalue weighted by molar-refractivity contribution is 0.442. The van der Waals surface area contributed by atoms with Gasteiger partial charge < -0.3 is 9.88 Å². The van der Waals surface area contributed by atoms with Crippen LogP contribution in [0.1, 0.15) is 51.8 Å². The van der Waals surface area contributed by atoms with Crippen LogP contribution in [0.25, 0.3) is 0 Å². The van der Waals surface area contributed by atoms with Gasteiger partial charge in [0.1, 0.15) is 5.82 Å². The fourth-order valence-electron chi connectivity index (χ4n) is 2.61. The Bertz CT molecular complexity index is 637. The minimum Gasteiger partial charge on any atom is -0.330 e. The Hall–Kier alpha value is -0.880. The summed E-state index contributed by atoms with van der Waals surface area (Å²) in [5.41, 5.74) is 2.15. The van der Waals surface area contributed by atoms with Crippen LogP contribution in [0.2, 0.25) is 0 Å². The first-order chi connectivity index (χ1) is 9.43. The van der Waals surface area contributed by atoms with Crippen molar-refractivity contribution in [3.8, 4) is 0 Å². The molecule has 1 aliphatic heterocycles. The smallest absolute Gasteiger partial charge is 0.154 e. The molecule has 5 nitrogen and oxygen atoms in total. The molecule has 1 aromatic heterocycles. The maximum Gasteiger partial charge on any atom is 0.154 e. The summed E-state index contributed by atoms with van der Waals surface area (Å²) in [6.45, 7) is 12.1. The summed E-state index contributed by atoms with van der Waals surface area (Å²) < 4.78 is 25.5. The highest BCUT2D eigenvalue weighted by Gasteiger charge is 2.35. The van der Waals surface area contributed by atoms with Crippen molar-refractivity contribution in [2.24, 2.45) is 0 Å². The molecular formula is C15H27N3O2S. The number of sulfone groups is 1. The maximum absolute atomic E-state index is 12.1. The summed E-state index contributed by atoms with van der Waals surface area (Å²) in [4.78, 5) is 4.79. The fourth-order valence-corrected chi connectivity index (χ4v) is 2.98. The number of rotatable bonds is 3. The summed E-state index contributed by atoms with van der Waals surface area (Å²) in [5, 5.41) is 3.33. The lowest BCUT2D eigenvalue weighted by Crippen LogP contribution is -2.38. The second-order valence-corrected chi connectivity index (χ2v) is 10.3. The first kappa shape index (κ1) is 16.5. The van der Waals surface area contributed by atoms with Crippen LogP contribution in [0.15, 0.2) is 0 Å². The van der Waals surface area contributed by atoms with E-state index < -0.39 is 14.6 Å². The Morgan fingerprint density at radius 1 is 1.24 bits per heavy atom. The Labute approximate surface area is 128 Å². The van der Waals surface area contributed by atoms with Crippen LogP contribution in [-0.2, 0) is 34.8 Å². The highest BCUT2D eigenvalue weighted by atomic mass is 32.2. The van der Waals surface area contributed by atoms with Gasteiger partial charge >= 0.3 is 0 Å². The van der Waals surface area contributed by atoms with E-state index >= 15 is 0 Å². The average Bonchev–Trinajstić information content (AvgIpc) is 2.66. The molecule has 0 unspecified atom stereocenters. The molecule has 0 saturated carbocycles. The van der Waals surface area contributed by atoms with E-state index in [4.69, 9.17) is 4.98 Å². The van der Waals surface area contributed by atoms with Gasteiger partial charge in [-0.1, -0.05) is 20.8 Å². The first-order valence-electron chi connectivity index (χ1n) is 7.42. The van der Waals surface area contributed by atoms with Gasteiger partial charge in [0.15, 0.2) is 9.84 Å². The zero-order valence-electron chi connectivity index (χ0n) is 13.9. The largest absolute Gasteiger partial charge is 0.330 e. The molecule has 0 amide bonds. The number of nitrogens with zero attached hydrogens (tertiary/aromatic N) is 2. The Kier molecular flexibility index (Phi) is 4.00. The van der Waals surface area contributed by atoms with Gasteiger partial charge in [0.05, 0.1) is 10.4 Å². The zero-order valence-corrected chi connectivity index (χ0v) is 14.8. The van der Waals surface area contributed by atoms with Crippen molar-refractivity contribution in [2.45, 2.75) is 64.3 Å². The van der Waals surface area contributed by atoms with Crippen LogP contribution in [0.3, 0.4) is 0 Å². The van der Waals surface area contributed by atoms with Gasteiger partial charge in [-0.2, -0.15) is 0 Å². The van der Waals surface area contributed by atoms with Gasteiger partial charge in [-0.15, -0.1) is 0 Å². The van der Waals surface area contributed by atoms with Gasteiger partial charge in [0, 0.05) is 43.4 Å². The molecular weight excluding hydrogens is 286 g/mol. The summed E-state index contributed by atoms with van der Waals surface area (Å²) in [6, 6.07) is 0. The monoisotopic (exact) mass is 313 g/mol. The molecule has 0 fully saturated rings. The van der Waals surface area contributed by atoms with Crippen LogP contribution < -0.4 is 5.32 Å². The standard InChI is InChI=1S/C15H27N3O2S/c1-14(2,3)13-17-11-9-16-8-7-12(11)18(13)10-15(4,5)21(6,19)20/h16H,7-10H2,1-6H3. The summed E-state index contributed by atoms with van der Waals surface area (Å²) >= 11 is 0. The molecule has 0 aromatic carbocycles. The molecule has 0 radical (unpaired) electrons. The predicted octanol–water partition coefficient (Wildman–Crippen LogP) is 1.65. The van der Waals surface area contributed by atoms with Crippen LogP contribution >= 0.6 is 0 Å². The van der Waals surface area contributed by atoms with Crippen molar-refractivity contribution in [2.75, 3.05) is 12.8 Å². The van der Waals surface area contributed by atoms with Crippen molar-refractivity contribution < 1.29 is 8.42 Å². The van der Waals surface area contributed by atoms with Gasteiger partial charge in [-0.05, 0) is 13.8 Å². The molecule has 0 saturated heterocycles. The van der Waals surface area contributed by atoms with Gasteiger partial charge in [0.25, 0.3) is 0 Å². The molecule has 0 aliphatic carbocycles. The first-order valence-corrected chi connectivity index (χ1v) is 9.32. The molecule has 2 heterocycles. The molecule has 0 bridgehead atoms. The summed E-state index contributed by atoms with van der Waals surface area (Å²) in [6.07, 6.45) is 2.22. The molecule has 1 N–H and O–H groups in total. The number of hydrogen-bond donors (Lipinski definition) is 1. The lowest BCUT2D eigenvalue weighted by atomic mass is 9.95. The van der Waals surface area contributed by atoms with Crippen molar-refractivity contribution in [1.82, 2.24) is 14.9 Å². The van der Waals surface area contributed by atoms with E-state index in [2.05, 4.69) is 30.7 Å². The SMILES string of the molecule is CC(C)(C)c1nc2c(n1CC(C)(C)S(C)(=O)=O)CCNC2. The third-order valence-electron chi connectivity index (χ3n) is 4.20. The molecule has 6 heteroatoms. The topological polar surface area (TPSA) is 64.0 Å². The minimum atomic E-state index is -3.13. The van der Waals surface area contributed by atoms with E-state index in [1.165, 1.54) is 11.9 Å². The van der Waals surface area contributed by atoms with E-state index in [9.17, 15) is 8.42 Å². The van der Waals surface area contributed by atoms with Crippen LogP contribution in [0.4, 0.5) is 0 Å². The predicted molar refractivity (Wildman–Crippen MR) is 85.3 cm³/mol. The van der Waals surface area contributed by atoms with E-state index in [0.717, 1.165) is 31.0 Å². The maximum atomic E-state index is 12.1. The molecule has 120 valence electrons. The van der Waals surface area contributed by atoms with E-state index in [0.29, 0.717) is 6.54 Å².